The smallest absolute Gasteiger partial charge is 0.326 e. The fourth-order valence-corrected chi connectivity index (χ4v) is 4.85. The number of aryl methyl sites for hydroxylation is 1. The van der Waals surface area contributed by atoms with Crippen LogP contribution in [0.2, 0.25) is 0 Å². The molecule has 0 bridgehead atoms. The van der Waals surface area contributed by atoms with Gasteiger partial charge in [0.2, 0.25) is 5.78 Å². The third-order valence-corrected chi connectivity index (χ3v) is 6.61. The van der Waals surface area contributed by atoms with Gasteiger partial charge >= 0.3 is 12.0 Å². The molecule has 1 aromatic carbocycles. The summed E-state index contributed by atoms with van der Waals surface area (Å²) in [6.45, 7) is 4.73. The zero-order chi connectivity index (χ0) is 22.3. The van der Waals surface area contributed by atoms with E-state index >= 15 is 0 Å². The Balaban J connectivity index is 1.45. The van der Waals surface area contributed by atoms with E-state index in [1.165, 1.54) is 6.92 Å². The molecule has 31 heavy (non-hydrogen) atoms. The number of aromatic amines is 1. The van der Waals surface area contributed by atoms with E-state index in [2.05, 4.69) is 10.3 Å². The van der Waals surface area contributed by atoms with Gasteiger partial charge in [0.05, 0.1) is 0 Å². The molecule has 3 amide bonds. The molecule has 1 saturated heterocycles. The summed E-state index contributed by atoms with van der Waals surface area (Å²) in [7, 11) is 0. The molecule has 8 nitrogen and oxygen atoms in total. The molecule has 1 aliphatic carbocycles. The number of aromatic nitrogens is 1. The lowest BCUT2D eigenvalue weighted by molar-refractivity contribution is -0.150. The molecule has 8 heteroatoms. The van der Waals surface area contributed by atoms with Gasteiger partial charge < -0.3 is 15.0 Å². The number of benzene rings is 1. The van der Waals surface area contributed by atoms with Crippen molar-refractivity contribution < 1.29 is 23.9 Å². The van der Waals surface area contributed by atoms with Gasteiger partial charge in [-0.15, -0.1) is 0 Å². The van der Waals surface area contributed by atoms with Crippen molar-refractivity contribution in [1.82, 2.24) is 15.2 Å². The fraction of sp³-hybridized carbons (Fsp3) is 0.478. The standard InChI is InChI=1S/C23H27N3O5/c1-13-8-6-7-11-23(13)21(29)26(22(30)25-23)12-18(27)31-15(3)20(28)19-14(2)24-17-10-5-4-9-16(17)19/h4-5,9-10,13,15,24H,6-8,11-12H2,1-3H3,(H,25,30)/t13-,15-,23-/m0/s1. The van der Waals surface area contributed by atoms with Crippen molar-refractivity contribution in [3.8, 4) is 0 Å². The highest BCUT2D eigenvalue weighted by molar-refractivity contribution is 6.12. The van der Waals surface area contributed by atoms with Crippen LogP contribution in [0.25, 0.3) is 10.9 Å². The first-order valence-electron chi connectivity index (χ1n) is 10.7. The van der Waals surface area contributed by atoms with E-state index in [-0.39, 0.29) is 17.6 Å². The summed E-state index contributed by atoms with van der Waals surface area (Å²) in [5, 5.41) is 3.57. The normalized spacial score (nSPS) is 24.5. The Morgan fingerprint density at radius 3 is 2.74 bits per heavy atom. The molecule has 2 aliphatic rings. The predicted octanol–water partition coefficient (Wildman–Crippen LogP) is 3.09. The molecule has 2 fully saturated rings. The van der Waals surface area contributed by atoms with Crippen LogP contribution in [0.4, 0.5) is 4.79 Å². The van der Waals surface area contributed by atoms with Crippen LogP contribution >= 0.6 is 0 Å². The topological polar surface area (TPSA) is 109 Å². The number of ether oxygens (including phenoxy) is 1. The number of hydrogen-bond donors (Lipinski definition) is 2. The van der Waals surface area contributed by atoms with Crippen LogP contribution in [-0.4, -0.2) is 51.8 Å². The minimum atomic E-state index is -1.05. The highest BCUT2D eigenvalue weighted by Gasteiger charge is 2.55. The molecule has 1 spiro atoms. The minimum absolute atomic E-state index is 0.00377. The average Bonchev–Trinajstić information content (AvgIpc) is 3.18. The molecule has 2 N–H and O–H groups in total. The zero-order valence-corrected chi connectivity index (χ0v) is 18.0. The molecule has 164 valence electrons. The summed E-state index contributed by atoms with van der Waals surface area (Å²) in [4.78, 5) is 55.0. The van der Waals surface area contributed by atoms with Crippen LogP contribution in [0.5, 0.6) is 0 Å². The Bertz CT molecular complexity index is 1070. The Kier molecular flexibility index (Phi) is 5.33. The number of carbonyl (C=O) groups is 4. The van der Waals surface area contributed by atoms with Gasteiger partial charge in [0.25, 0.3) is 5.91 Å². The second kappa shape index (κ2) is 7.83. The number of nitrogens with one attached hydrogen (secondary N) is 2. The van der Waals surface area contributed by atoms with Crippen LogP contribution < -0.4 is 5.32 Å². The number of carbonyl (C=O) groups excluding carboxylic acids is 4. The van der Waals surface area contributed by atoms with Crippen LogP contribution in [0.1, 0.15) is 55.6 Å². The van der Waals surface area contributed by atoms with E-state index in [0.717, 1.165) is 35.1 Å². The summed E-state index contributed by atoms with van der Waals surface area (Å²) in [6, 6.07) is 6.83. The number of ketones is 1. The molecule has 4 rings (SSSR count). The number of para-hydroxylation sites is 1. The van der Waals surface area contributed by atoms with Gasteiger partial charge in [-0.3, -0.25) is 19.3 Å². The molecule has 0 radical (unpaired) electrons. The number of esters is 1. The molecular weight excluding hydrogens is 398 g/mol. The Morgan fingerprint density at radius 1 is 1.26 bits per heavy atom. The molecule has 1 saturated carbocycles. The second-order valence-electron chi connectivity index (χ2n) is 8.61. The van der Waals surface area contributed by atoms with Crippen molar-refractivity contribution in [3.05, 3.63) is 35.5 Å². The summed E-state index contributed by atoms with van der Waals surface area (Å²) in [5.41, 5.74) is 1.06. The molecule has 1 aromatic heterocycles. The number of amides is 3. The number of Topliss-reactive ketones (excluding diaryl/α,β-unsaturated/α-hetero) is 1. The SMILES string of the molecule is Cc1[nH]c2ccccc2c1C(=O)[C@H](C)OC(=O)CN1C(=O)N[C@]2(CCCC[C@@H]2C)C1=O. The van der Waals surface area contributed by atoms with E-state index in [0.29, 0.717) is 17.7 Å². The van der Waals surface area contributed by atoms with Gasteiger partial charge in [0, 0.05) is 22.2 Å². The van der Waals surface area contributed by atoms with Gasteiger partial charge in [0.15, 0.2) is 6.10 Å². The average molecular weight is 425 g/mol. The number of imide groups is 1. The predicted molar refractivity (Wildman–Crippen MR) is 114 cm³/mol. The maximum Gasteiger partial charge on any atom is 0.326 e. The molecule has 0 unspecified atom stereocenters. The number of H-pyrrole nitrogens is 1. The Labute approximate surface area is 180 Å². The first kappa shape index (κ1) is 21.1. The Morgan fingerprint density at radius 2 is 2.00 bits per heavy atom. The van der Waals surface area contributed by atoms with Crippen molar-refractivity contribution in [2.45, 2.75) is 58.1 Å². The van der Waals surface area contributed by atoms with Crippen LogP contribution in [-0.2, 0) is 14.3 Å². The van der Waals surface area contributed by atoms with Crippen molar-refractivity contribution in [3.63, 3.8) is 0 Å². The first-order valence-corrected chi connectivity index (χ1v) is 10.7. The number of urea groups is 1. The minimum Gasteiger partial charge on any atom is -0.453 e. The van der Waals surface area contributed by atoms with Gasteiger partial charge in [-0.1, -0.05) is 38.0 Å². The van der Waals surface area contributed by atoms with E-state index in [1.54, 1.807) is 6.92 Å². The molecular formula is C23H27N3O5. The van der Waals surface area contributed by atoms with Crippen molar-refractivity contribution >= 4 is 34.6 Å². The summed E-state index contributed by atoms with van der Waals surface area (Å²) in [5.74, 6) is -1.50. The van der Waals surface area contributed by atoms with E-state index in [1.807, 2.05) is 31.2 Å². The number of hydrogen-bond acceptors (Lipinski definition) is 5. The van der Waals surface area contributed by atoms with Crippen LogP contribution in [0.15, 0.2) is 24.3 Å². The van der Waals surface area contributed by atoms with E-state index < -0.39 is 30.2 Å². The van der Waals surface area contributed by atoms with Crippen molar-refractivity contribution in [2.75, 3.05) is 6.54 Å². The second-order valence-corrected chi connectivity index (χ2v) is 8.61. The third-order valence-electron chi connectivity index (χ3n) is 6.61. The van der Waals surface area contributed by atoms with Crippen molar-refractivity contribution in [2.24, 2.45) is 5.92 Å². The molecule has 2 aromatic rings. The van der Waals surface area contributed by atoms with E-state index in [9.17, 15) is 19.2 Å². The first-order chi connectivity index (χ1) is 14.7. The quantitative estimate of drug-likeness (QED) is 0.435. The third kappa shape index (κ3) is 3.49. The van der Waals surface area contributed by atoms with Gasteiger partial charge in [0.1, 0.15) is 12.1 Å². The van der Waals surface area contributed by atoms with Gasteiger partial charge in [-0.2, -0.15) is 0 Å². The monoisotopic (exact) mass is 425 g/mol. The lowest BCUT2D eigenvalue weighted by Crippen LogP contribution is -2.54. The van der Waals surface area contributed by atoms with Crippen LogP contribution in [0.3, 0.4) is 0 Å². The molecule has 3 atom stereocenters. The lowest BCUT2D eigenvalue weighted by atomic mass is 9.73. The maximum absolute atomic E-state index is 13.0. The largest absolute Gasteiger partial charge is 0.453 e. The Hall–Kier alpha value is -3.16. The zero-order valence-electron chi connectivity index (χ0n) is 18.0. The number of rotatable bonds is 5. The van der Waals surface area contributed by atoms with Crippen molar-refractivity contribution in [1.29, 1.82) is 0 Å². The van der Waals surface area contributed by atoms with Gasteiger partial charge in [-0.25, -0.2) is 4.79 Å². The highest BCUT2D eigenvalue weighted by Crippen LogP contribution is 2.38. The highest BCUT2D eigenvalue weighted by atomic mass is 16.5. The number of fused-ring (bicyclic) bond motifs is 1. The fourth-order valence-electron chi connectivity index (χ4n) is 4.85. The van der Waals surface area contributed by atoms with E-state index in [4.69, 9.17) is 4.74 Å². The summed E-state index contributed by atoms with van der Waals surface area (Å²) in [6.07, 6.45) is 2.23. The molecule has 2 heterocycles. The number of nitrogens with zero attached hydrogens (tertiary/aromatic N) is 1. The lowest BCUT2D eigenvalue weighted by Gasteiger charge is -2.36. The molecule has 1 aliphatic heterocycles. The van der Waals surface area contributed by atoms with Crippen LogP contribution in [0, 0.1) is 12.8 Å². The maximum atomic E-state index is 13.0. The summed E-state index contributed by atoms with van der Waals surface area (Å²) < 4.78 is 5.32. The summed E-state index contributed by atoms with van der Waals surface area (Å²) >= 11 is 0. The van der Waals surface area contributed by atoms with Gasteiger partial charge in [-0.05, 0) is 38.7 Å².